The summed E-state index contributed by atoms with van der Waals surface area (Å²) >= 11 is 3.52. The number of halogens is 1. The van der Waals surface area contributed by atoms with Gasteiger partial charge < -0.3 is 19.3 Å². The van der Waals surface area contributed by atoms with Crippen molar-refractivity contribution >= 4 is 15.9 Å². The van der Waals surface area contributed by atoms with Crippen LogP contribution in [0.15, 0.2) is 21.1 Å². The van der Waals surface area contributed by atoms with Crippen LogP contribution in [-0.2, 0) is 13.2 Å². The molecule has 0 amide bonds. The molecule has 21 heavy (non-hydrogen) atoms. The van der Waals surface area contributed by atoms with Gasteiger partial charge in [0.1, 0.15) is 0 Å². The first-order valence-electron chi connectivity index (χ1n) is 6.65. The average Bonchev–Trinajstić information content (AvgIpc) is 2.84. The second kappa shape index (κ2) is 7.42. The second-order valence-electron chi connectivity index (χ2n) is 4.39. The molecule has 2 aromatic rings. The topological polar surface area (TPSA) is 69.4 Å². The van der Waals surface area contributed by atoms with Gasteiger partial charge in [0.15, 0.2) is 18.1 Å². The Morgan fingerprint density at radius 2 is 2.14 bits per heavy atom. The Morgan fingerprint density at radius 1 is 1.33 bits per heavy atom. The van der Waals surface area contributed by atoms with Crippen molar-refractivity contribution in [2.45, 2.75) is 27.0 Å². The van der Waals surface area contributed by atoms with E-state index in [0.29, 0.717) is 29.8 Å². The summed E-state index contributed by atoms with van der Waals surface area (Å²) in [6.45, 7) is 5.22. The molecule has 0 unspecified atom stereocenters. The van der Waals surface area contributed by atoms with Crippen molar-refractivity contribution < 1.29 is 14.0 Å². The van der Waals surface area contributed by atoms with Crippen LogP contribution < -0.4 is 14.8 Å². The average molecular weight is 356 g/mol. The molecular weight excluding hydrogens is 338 g/mol. The molecule has 2 rings (SSSR count). The summed E-state index contributed by atoms with van der Waals surface area (Å²) in [6, 6.07) is 3.96. The first-order chi connectivity index (χ1) is 10.1. The molecule has 0 bridgehead atoms. The van der Waals surface area contributed by atoms with Gasteiger partial charge >= 0.3 is 0 Å². The summed E-state index contributed by atoms with van der Waals surface area (Å²) in [4.78, 5) is 4.11. The molecule has 0 fully saturated rings. The Morgan fingerprint density at radius 3 is 2.76 bits per heavy atom. The molecular formula is C14H18BrN3O3. The maximum Gasteiger partial charge on any atom is 0.223 e. The Bertz CT molecular complexity index is 601. The summed E-state index contributed by atoms with van der Waals surface area (Å²) in [6.07, 6.45) is 0. The molecule has 0 aliphatic rings. The third-order valence-electron chi connectivity index (χ3n) is 2.67. The molecule has 1 heterocycles. The van der Waals surface area contributed by atoms with Gasteiger partial charge in [-0.25, -0.2) is 0 Å². The van der Waals surface area contributed by atoms with Crippen molar-refractivity contribution in [3.8, 4) is 11.5 Å². The molecule has 0 spiro atoms. The third kappa shape index (κ3) is 4.18. The predicted molar refractivity (Wildman–Crippen MR) is 81.4 cm³/mol. The van der Waals surface area contributed by atoms with Crippen molar-refractivity contribution in [2.24, 2.45) is 0 Å². The second-order valence-corrected chi connectivity index (χ2v) is 5.24. The van der Waals surface area contributed by atoms with Crippen LogP contribution in [0.5, 0.6) is 11.5 Å². The van der Waals surface area contributed by atoms with E-state index in [-0.39, 0.29) is 6.61 Å². The summed E-state index contributed by atoms with van der Waals surface area (Å²) < 4.78 is 17.2. The van der Waals surface area contributed by atoms with Crippen molar-refractivity contribution in [3.63, 3.8) is 0 Å². The number of nitrogens with one attached hydrogen (secondary N) is 1. The van der Waals surface area contributed by atoms with Gasteiger partial charge in [0.25, 0.3) is 0 Å². The number of benzene rings is 1. The summed E-state index contributed by atoms with van der Waals surface area (Å²) in [5.41, 5.74) is 1.11. The van der Waals surface area contributed by atoms with Crippen LogP contribution in [0.4, 0.5) is 0 Å². The molecule has 1 aromatic heterocycles. The van der Waals surface area contributed by atoms with Crippen LogP contribution in [0.3, 0.4) is 0 Å². The molecule has 1 aromatic carbocycles. The van der Waals surface area contributed by atoms with Gasteiger partial charge in [0.2, 0.25) is 11.7 Å². The van der Waals surface area contributed by atoms with Crippen LogP contribution in [0.1, 0.15) is 24.2 Å². The molecule has 114 valence electrons. The molecule has 6 nitrogen and oxygen atoms in total. The van der Waals surface area contributed by atoms with Crippen molar-refractivity contribution in [2.75, 3.05) is 13.7 Å². The predicted octanol–water partition coefficient (Wildman–Crippen LogP) is 2.84. The van der Waals surface area contributed by atoms with E-state index in [9.17, 15) is 0 Å². The maximum absolute atomic E-state index is 5.78. The van der Waals surface area contributed by atoms with Gasteiger partial charge in [-0.15, -0.1) is 0 Å². The minimum Gasteiger partial charge on any atom is -0.490 e. The Kier molecular flexibility index (Phi) is 5.58. The number of hydrogen-bond donors (Lipinski definition) is 1. The van der Waals surface area contributed by atoms with E-state index in [1.165, 1.54) is 0 Å². The number of rotatable bonds is 7. The quantitative estimate of drug-likeness (QED) is 0.823. The lowest BCUT2D eigenvalue weighted by Crippen LogP contribution is -2.07. The minimum atomic E-state index is 0.224. The highest BCUT2D eigenvalue weighted by Crippen LogP contribution is 2.37. The zero-order chi connectivity index (χ0) is 15.2. The number of ether oxygens (including phenoxy) is 2. The van der Waals surface area contributed by atoms with Crippen LogP contribution in [0, 0.1) is 6.92 Å². The van der Waals surface area contributed by atoms with Gasteiger partial charge in [-0.3, -0.25) is 0 Å². The van der Waals surface area contributed by atoms with E-state index >= 15 is 0 Å². The molecule has 1 N–H and O–H groups in total. The molecule has 7 heteroatoms. The molecule has 0 saturated carbocycles. The van der Waals surface area contributed by atoms with E-state index in [1.54, 1.807) is 6.92 Å². The molecule has 0 saturated heterocycles. The fourth-order valence-electron chi connectivity index (χ4n) is 1.87. The van der Waals surface area contributed by atoms with E-state index in [4.69, 9.17) is 14.0 Å². The van der Waals surface area contributed by atoms with Gasteiger partial charge in [-0.1, -0.05) is 5.16 Å². The Hall–Kier alpha value is -1.60. The Balaban J connectivity index is 2.19. The first kappa shape index (κ1) is 15.8. The minimum absolute atomic E-state index is 0.224. The summed E-state index contributed by atoms with van der Waals surface area (Å²) in [5.74, 6) is 2.35. The molecule has 0 radical (unpaired) electrons. The normalized spacial score (nSPS) is 10.7. The van der Waals surface area contributed by atoms with Gasteiger partial charge in [-0.05, 0) is 47.6 Å². The fourth-order valence-corrected chi connectivity index (χ4v) is 2.47. The third-order valence-corrected chi connectivity index (χ3v) is 3.25. The Labute approximate surface area is 132 Å². The van der Waals surface area contributed by atoms with Gasteiger partial charge in [0, 0.05) is 13.5 Å². The molecule has 0 aliphatic carbocycles. The van der Waals surface area contributed by atoms with Crippen molar-refractivity contribution in [1.29, 1.82) is 0 Å². The van der Waals surface area contributed by atoms with Crippen LogP contribution in [-0.4, -0.2) is 23.8 Å². The maximum atomic E-state index is 5.78. The van der Waals surface area contributed by atoms with E-state index in [2.05, 4.69) is 31.4 Å². The number of aromatic nitrogens is 2. The largest absolute Gasteiger partial charge is 0.490 e. The van der Waals surface area contributed by atoms with E-state index < -0.39 is 0 Å². The first-order valence-corrected chi connectivity index (χ1v) is 7.45. The highest BCUT2D eigenvalue weighted by molar-refractivity contribution is 9.10. The van der Waals surface area contributed by atoms with E-state index in [0.717, 1.165) is 16.6 Å². The van der Waals surface area contributed by atoms with Gasteiger partial charge in [-0.2, -0.15) is 4.98 Å². The highest BCUT2D eigenvalue weighted by atomic mass is 79.9. The van der Waals surface area contributed by atoms with Crippen molar-refractivity contribution in [3.05, 3.63) is 33.9 Å². The number of nitrogens with zero attached hydrogens (tertiary/aromatic N) is 2. The molecule has 0 aliphatic heterocycles. The van der Waals surface area contributed by atoms with E-state index in [1.807, 2.05) is 26.1 Å². The lowest BCUT2D eigenvalue weighted by atomic mass is 10.2. The van der Waals surface area contributed by atoms with Crippen LogP contribution in [0.2, 0.25) is 0 Å². The van der Waals surface area contributed by atoms with Gasteiger partial charge in [0.05, 0.1) is 11.1 Å². The monoisotopic (exact) mass is 355 g/mol. The smallest absolute Gasteiger partial charge is 0.223 e. The summed E-state index contributed by atoms with van der Waals surface area (Å²) in [7, 11) is 1.90. The lowest BCUT2D eigenvalue weighted by Gasteiger charge is -2.14. The van der Waals surface area contributed by atoms with Crippen molar-refractivity contribution in [1.82, 2.24) is 15.5 Å². The summed E-state index contributed by atoms with van der Waals surface area (Å²) in [5, 5.41) is 6.92. The standard InChI is InChI=1S/C14H18BrN3O3/c1-4-19-12-6-10(7-16-3)5-11(15)14(12)20-8-13-17-9(2)21-18-13/h5-6,16H,4,7-8H2,1-3H3. The zero-order valence-electron chi connectivity index (χ0n) is 12.3. The van der Waals surface area contributed by atoms with Crippen LogP contribution in [0.25, 0.3) is 0 Å². The SMILES string of the molecule is CCOc1cc(CNC)cc(Br)c1OCc1noc(C)n1. The molecule has 0 atom stereocenters. The zero-order valence-corrected chi connectivity index (χ0v) is 13.9. The lowest BCUT2D eigenvalue weighted by molar-refractivity contribution is 0.256. The fraction of sp³-hybridized carbons (Fsp3) is 0.429. The number of aryl methyl sites for hydroxylation is 1. The highest BCUT2D eigenvalue weighted by Gasteiger charge is 2.13. The van der Waals surface area contributed by atoms with Crippen LogP contribution >= 0.6 is 15.9 Å². The number of hydrogen-bond acceptors (Lipinski definition) is 6.